The summed E-state index contributed by atoms with van der Waals surface area (Å²) in [5, 5.41) is 8.50. The number of benzene rings is 1. The molecular formula is C17H23ClN4O. The highest BCUT2D eigenvalue weighted by molar-refractivity contribution is 6.31. The van der Waals surface area contributed by atoms with Gasteiger partial charge in [-0.25, -0.2) is 0 Å². The van der Waals surface area contributed by atoms with Crippen LogP contribution < -0.4 is 5.32 Å². The van der Waals surface area contributed by atoms with Crippen molar-refractivity contribution in [3.63, 3.8) is 0 Å². The normalized spacial score (nSPS) is 15.7. The molecule has 1 N–H and O–H groups in total. The van der Waals surface area contributed by atoms with Crippen LogP contribution in [0.25, 0.3) is 0 Å². The monoisotopic (exact) mass is 334 g/mol. The predicted molar refractivity (Wildman–Crippen MR) is 92.8 cm³/mol. The van der Waals surface area contributed by atoms with Crippen molar-refractivity contribution >= 4 is 17.3 Å². The molecule has 0 spiro atoms. The third kappa shape index (κ3) is 4.25. The molecule has 6 heteroatoms. The van der Waals surface area contributed by atoms with E-state index >= 15 is 0 Å². The van der Waals surface area contributed by atoms with Gasteiger partial charge >= 0.3 is 0 Å². The molecule has 0 bridgehead atoms. The number of morpholine rings is 1. The maximum absolute atomic E-state index is 6.45. The van der Waals surface area contributed by atoms with E-state index in [9.17, 15) is 0 Å². The molecule has 1 saturated heterocycles. The van der Waals surface area contributed by atoms with Crippen LogP contribution in [0, 0.1) is 0 Å². The molecule has 1 aromatic carbocycles. The van der Waals surface area contributed by atoms with Crippen LogP contribution in [0.2, 0.25) is 5.02 Å². The molecule has 2 aromatic rings. The Labute approximate surface area is 142 Å². The van der Waals surface area contributed by atoms with E-state index in [2.05, 4.69) is 34.4 Å². The molecule has 2 heterocycles. The fourth-order valence-corrected chi connectivity index (χ4v) is 3.01. The van der Waals surface area contributed by atoms with Gasteiger partial charge in [-0.2, -0.15) is 5.10 Å². The van der Waals surface area contributed by atoms with Crippen molar-refractivity contribution in [1.29, 1.82) is 0 Å². The summed E-state index contributed by atoms with van der Waals surface area (Å²) in [5.41, 5.74) is 3.36. The van der Waals surface area contributed by atoms with Crippen molar-refractivity contribution in [3.05, 3.63) is 46.7 Å². The molecule has 0 saturated carbocycles. The van der Waals surface area contributed by atoms with Crippen molar-refractivity contribution in [2.24, 2.45) is 0 Å². The van der Waals surface area contributed by atoms with Crippen molar-refractivity contribution in [2.45, 2.75) is 26.6 Å². The molecule has 23 heavy (non-hydrogen) atoms. The minimum absolute atomic E-state index is 0.743. The molecule has 124 valence electrons. The van der Waals surface area contributed by atoms with Crippen LogP contribution in [-0.2, 0) is 24.4 Å². The Kier molecular flexibility index (Phi) is 5.54. The summed E-state index contributed by atoms with van der Waals surface area (Å²) in [6.07, 6.45) is 1.83. The summed E-state index contributed by atoms with van der Waals surface area (Å²) in [5.74, 6) is 0. The number of halogens is 1. The zero-order valence-electron chi connectivity index (χ0n) is 13.5. The number of aromatic nitrogens is 2. The average molecular weight is 335 g/mol. The lowest BCUT2D eigenvalue weighted by Gasteiger charge is -2.27. The molecule has 0 amide bonds. The minimum atomic E-state index is 0.743. The van der Waals surface area contributed by atoms with Crippen LogP contribution in [-0.4, -0.2) is 41.0 Å². The van der Waals surface area contributed by atoms with Gasteiger partial charge in [-0.15, -0.1) is 0 Å². The van der Waals surface area contributed by atoms with Gasteiger partial charge in [0.15, 0.2) is 0 Å². The largest absolute Gasteiger partial charge is 0.379 e. The van der Waals surface area contributed by atoms with Gasteiger partial charge in [-0.3, -0.25) is 9.58 Å². The first kappa shape index (κ1) is 16.3. The summed E-state index contributed by atoms with van der Waals surface area (Å²) in [4.78, 5) is 2.37. The molecule has 3 rings (SSSR count). The summed E-state index contributed by atoms with van der Waals surface area (Å²) < 4.78 is 7.37. The molecule has 0 unspecified atom stereocenters. The second kappa shape index (κ2) is 7.81. The molecule has 1 aliphatic heterocycles. The first-order valence-corrected chi connectivity index (χ1v) is 8.47. The third-order valence-corrected chi connectivity index (χ3v) is 4.48. The van der Waals surface area contributed by atoms with E-state index in [0.717, 1.165) is 62.2 Å². The van der Waals surface area contributed by atoms with Crippen LogP contribution in [0.5, 0.6) is 0 Å². The number of nitrogens with one attached hydrogen (secondary N) is 1. The quantitative estimate of drug-likeness (QED) is 0.882. The molecule has 5 nitrogen and oxygen atoms in total. The van der Waals surface area contributed by atoms with Crippen molar-refractivity contribution in [3.8, 4) is 0 Å². The van der Waals surface area contributed by atoms with Gasteiger partial charge in [0.05, 0.1) is 25.5 Å². The van der Waals surface area contributed by atoms with E-state index < -0.39 is 0 Å². The Morgan fingerprint density at radius 3 is 2.83 bits per heavy atom. The molecule has 1 aromatic heterocycles. The van der Waals surface area contributed by atoms with E-state index in [4.69, 9.17) is 16.3 Å². The van der Waals surface area contributed by atoms with Gasteiger partial charge in [0.25, 0.3) is 0 Å². The van der Waals surface area contributed by atoms with E-state index in [-0.39, 0.29) is 0 Å². The highest BCUT2D eigenvalue weighted by atomic mass is 35.5. The fourth-order valence-electron chi connectivity index (χ4n) is 2.77. The van der Waals surface area contributed by atoms with E-state index in [0.29, 0.717) is 0 Å². The Morgan fingerprint density at radius 1 is 1.26 bits per heavy atom. The van der Waals surface area contributed by atoms with E-state index in [1.54, 1.807) is 0 Å². The zero-order valence-corrected chi connectivity index (χ0v) is 14.2. The smallest absolute Gasteiger partial charge is 0.0594 e. The topological polar surface area (TPSA) is 42.3 Å². The predicted octanol–water partition coefficient (Wildman–Crippen LogP) is 3.00. The maximum atomic E-state index is 6.45. The van der Waals surface area contributed by atoms with Crippen molar-refractivity contribution in [1.82, 2.24) is 14.7 Å². The van der Waals surface area contributed by atoms with Gasteiger partial charge in [-0.05, 0) is 30.7 Å². The van der Waals surface area contributed by atoms with Crippen LogP contribution >= 0.6 is 11.6 Å². The number of rotatable bonds is 6. The average Bonchev–Trinajstić information content (AvgIpc) is 3.04. The number of hydrogen-bond acceptors (Lipinski definition) is 4. The zero-order chi connectivity index (χ0) is 16.1. The molecule has 0 radical (unpaired) electrons. The SMILES string of the molecule is CCn1nccc1CNc1ccc(CN2CCOCC2)c(Cl)c1. The first-order valence-electron chi connectivity index (χ1n) is 8.09. The van der Waals surface area contributed by atoms with E-state index in [1.165, 1.54) is 5.69 Å². The van der Waals surface area contributed by atoms with E-state index in [1.807, 2.05) is 23.0 Å². The summed E-state index contributed by atoms with van der Waals surface area (Å²) in [7, 11) is 0. The van der Waals surface area contributed by atoms with Gasteiger partial charge in [0, 0.05) is 43.1 Å². The van der Waals surface area contributed by atoms with Crippen LogP contribution in [0.15, 0.2) is 30.5 Å². The summed E-state index contributed by atoms with van der Waals surface area (Å²) >= 11 is 6.45. The lowest BCUT2D eigenvalue weighted by molar-refractivity contribution is 0.0342. The number of anilines is 1. The Bertz CT molecular complexity index is 637. The Balaban J connectivity index is 1.60. The lowest BCUT2D eigenvalue weighted by Crippen LogP contribution is -2.35. The van der Waals surface area contributed by atoms with Gasteiger partial charge in [0.1, 0.15) is 0 Å². The highest BCUT2D eigenvalue weighted by Crippen LogP contribution is 2.23. The lowest BCUT2D eigenvalue weighted by atomic mass is 10.2. The van der Waals surface area contributed by atoms with Crippen LogP contribution in [0.1, 0.15) is 18.2 Å². The molecule has 1 fully saturated rings. The van der Waals surface area contributed by atoms with Crippen molar-refractivity contribution < 1.29 is 4.74 Å². The Hall–Kier alpha value is -1.56. The molecule has 0 atom stereocenters. The number of nitrogens with zero attached hydrogens (tertiary/aromatic N) is 3. The number of aryl methyl sites for hydroxylation is 1. The van der Waals surface area contributed by atoms with Gasteiger partial charge in [-0.1, -0.05) is 17.7 Å². The fraction of sp³-hybridized carbons (Fsp3) is 0.471. The summed E-state index contributed by atoms with van der Waals surface area (Å²) in [6, 6.07) is 8.24. The number of hydrogen-bond donors (Lipinski definition) is 1. The summed E-state index contributed by atoms with van der Waals surface area (Å²) in [6.45, 7) is 8.15. The van der Waals surface area contributed by atoms with Crippen LogP contribution in [0.3, 0.4) is 0 Å². The third-order valence-electron chi connectivity index (χ3n) is 4.13. The Morgan fingerprint density at radius 2 is 2.09 bits per heavy atom. The minimum Gasteiger partial charge on any atom is -0.379 e. The molecular weight excluding hydrogens is 312 g/mol. The van der Waals surface area contributed by atoms with Gasteiger partial charge in [0.2, 0.25) is 0 Å². The molecule has 0 aliphatic carbocycles. The maximum Gasteiger partial charge on any atom is 0.0594 e. The highest BCUT2D eigenvalue weighted by Gasteiger charge is 2.12. The second-order valence-electron chi connectivity index (χ2n) is 5.69. The molecule has 1 aliphatic rings. The second-order valence-corrected chi connectivity index (χ2v) is 6.09. The number of ether oxygens (including phenoxy) is 1. The van der Waals surface area contributed by atoms with Gasteiger partial charge < -0.3 is 10.1 Å². The first-order chi connectivity index (χ1) is 11.3. The van der Waals surface area contributed by atoms with Crippen LogP contribution in [0.4, 0.5) is 5.69 Å². The standard InChI is InChI=1S/C17H23ClN4O/c1-2-22-16(5-6-20-22)12-19-15-4-3-14(17(18)11-15)13-21-7-9-23-10-8-21/h3-6,11,19H,2,7-10,12-13H2,1H3. The van der Waals surface area contributed by atoms with Crippen molar-refractivity contribution in [2.75, 3.05) is 31.6 Å².